The molecule has 0 saturated heterocycles. The number of ether oxygens (including phenoxy) is 1. The molecule has 3 saturated carbocycles. The maximum Gasteiger partial charge on any atom is 0.326 e. The highest BCUT2D eigenvalue weighted by Crippen LogP contribution is 2.67. The van der Waals surface area contributed by atoms with Gasteiger partial charge in [0.25, 0.3) is 0 Å². The summed E-state index contributed by atoms with van der Waals surface area (Å²) in [6.45, 7) is 6.63. The van der Waals surface area contributed by atoms with Crippen LogP contribution >= 0.6 is 0 Å². The van der Waals surface area contributed by atoms with E-state index < -0.39 is 65.3 Å². The minimum absolute atomic E-state index is 0.0122. The highest BCUT2D eigenvalue weighted by Gasteiger charge is 2.68. The van der Waals surface area contributed by atoms with Crippen molar-refractivity contribution in [2.24, 2.45) is 28.6 Å². The molecule has 256 valence electrons. The number of unbranched alkanes of at least 4 members (excludes halogenated alkanes) is 1. The molecule has 4 rings (SSSR count). The number of hydrogen-bond donors (Lipinski definition) is 5. The number of ketones is 2. The Balaban J connectivity index is 1.28. The summed E-state index contributed by atoms with van der Waals surface area (Å²) in [4.78, 5) is 74.2. The quantitative estimate of drug-likeness (QED) is 0.185. The first-order valence-corrected chi connectivity index (χ1v) is 16.7. The lowest BCUT2D eigenvalue weighted by Crippen LogP contribution is -2.62. The molecule has 0 unspecified atom stereocenters. The monoisotopic (exact) mass is 646 g/mol. The standard InChI is InChI=1S/C34H50N2O10/c1-5-6-7-24(31(43)44)36-30(42)19(2)35-27(40)10-11-28(41)46-18-26(39)34(45)15-13-23-22-9-8-20-16-21(37)12-14-32(20,3)29(22)25(38)17-33(23,34)4/h16,19,22-25,29,38,45H,5-15,17-18H2,1-4H3,(H,35,40)(H,36,42)(H,43,44)/t19-,22-,23-,24+,25-,29+,32-,33-,34-/m0/s1. The van der Waals surface area contributed by atoms with E-state index in [9.17, 15) is 44.1 Å². The number of nitrogens with one attached hydrogen (secondary N) is 2. The topological polar surface area (TPSA) is 196 Å². The second-order valence-corrected chi connectivity index (χ2v) is 14.4. The van der Waals surface area contributed by atoms with Gasteiger partial charge in [0.05, 0.1) is 12.5 Å². The molecule has 0 aliphatic heterocycles. The molecule has 3 fully saturated rings. The van der Waals surface area contributed by atoms with Crippen molar-refractivity contribution in [3.63, 3.8) is 0 Å². The van der Waals surface area contributed by atoms with Gasteiger partial charge >= 0.3 is 11.9 Å². The van der Waals surface area contributed by atoms with Crippen LogP contribution in [-0.2, 0) is 33.5 Å². The van der Waals surface area contributed by atoms with Crippen LogP contribution in [0.2, 0.25) is 0 Å². The summed E-state index contributed by atoms with van der Waals surface area (Å²) in [5, 5.41) is 37.5. The fourth-order valence-corrected chi connectivity index (χ4v) is 9.04. The van der Waals surface area contributed by atoms with E-state index in [4.69, 9.17) is 4.74 Å². The van der Waals surface area contributed by atoms with Crippen LogP contribution in [0.15, 0.2) is 11.6 Å². The van der Waals surface area contributed by atoms with E-state index in [0.29, 0.717) is 25.7 Å². The molecule has 9 atom stereocenters. The predicted octanol–water partition coefficient (Wildman–Crippen LogP) is 2.38. The first kappa shape index (κ1) is 35.7. The third-order valence-electron chi connectivity index (χ3n) is 11.7. The van der Waals surface area contributed by atoms with Crippen molar-refractivity contribution in [1.82, 2.24) is 10.6 Å². The normalized spacial score (nSPS) is 34.6. The summed E-state index contributed by atoms with van der Waals surface area (Å²) in [5.41, 5.74) is -1.88. The molecule has 12 heteroatoms. The molecule has 0 aromatic heterocycles. The number of carboxylic acids is 1. The van der Waals surface area contributed by atoms with Gasteiger partial charge in [-0.1, -0.05) is 39.2 Å². The highest BCUT2D eigenvalue weighted by atomic mass is 16.5. The van der Waals surface area contributed by atoms with Crippen molar-refractivity contribution >= 4 is 35.3 Å². The van der Waals surface area contributed by atoms with Gasteiger partial charge in [-0.3, -0.25) is 24.0 Å². The highest BCUT2D eigenvalue weighted by molar-refractivity contribution is 5.93. The zero-order valence-corrected chi connectivity index (χ0v) is 27.4. The van der Waals surface area contributed by atoms with Crippen LogP contribution in [0.3, 0.4) is 0 Å². The zero-order chi connectivity index (χ0) is 34.0. The number of Topliss-reactive ketones (excluding diaryl/α,β-unsaturated/α-hetero) is 1. The summed E-state index contributed by atoms with van der Waals surface area (Å²) in [6, 6.07) is -2.09. The van der Waals surface area contributed by atoms with Gasteiger partial charge in [0, 0.05) is 18.3 Å². The van der Waals surface area contributed by atoms with Crippen molar-refractivity contribution in [3.8, 4) is 0 Å². The molecule has 0 heterocycles. The van der Waals surface area contributed by atoms with Gasteiger partial charge in [0.2, 0.25) is 17.6 Å². The van der Waals surface area contributed by atoms with Crippen molar-refractivity contribution < 1.29 is 48.8 Å². The maximum absolute atomic E-state index is 13.5. The third-order valence-corrected chi connectivity index (χ3v) is 11.7. The number of hydrogen-bond acceptors (Lipinski definition) is 9. The van der Waals surface area contributed by atoms with Crippen molar-refractivity contribution in [2.45, 2.75) is 129 Å². The van der Waals surface area contributed by atoms with Crippen molar-refractivity contribution in [2.75, 3.05) is 6.61 Å². The smallest absolute Gasteiger partial charge is 0.326 e. The molecule has 12 nitrogen and oxygen atoms in total. The van der Waals surface area contributed by atoms with Crippen molar-refractivity contribution in [1.29, 1.82) is 0 Å². The SMILES string of the molecule is CCCC[C@@H](NC(=O)[C@H](C)NC(=O)CCC(=O)OCC(=O)[C@@]1(O)CC[C@H]2[C@@H]3CCC4=CC(=O)CC[C@]4(C)[C@H]3[C@@H](O)C[C@@]21C)C(=O)O. The molecule has 0 aromatic carbocycles. The average Bonchev–Trinajstić information content (AvgIpc) is 3.27. The van der Waals surface area contributed by atoms with E-state index in [2.05, 4.69) is 17.6 Å². The number of aliphatic hydroxyl groups excluding tert-OH is 1. The predicted molar refractivity (Wildman–Crippen MR) is 165 cm³/mol. The number of aliphatic hydroxyl groups is 2. The maximum atomic E-state index is 13.5. The molecular formula is C34H50N2O10. The molecule has 2 amide bonds. The Morgan fingerprint density at radius 1 is 1.07 bits per heavy atom. The first-order chi connectivity index (χ1) is 21.6. The van der Waals surface area contributed by atoms with Crippen molar-refractivity contribution in [3.05, 3.63) is 11.6 Å². The molecule has 0 bridgehead atoms. The fourth-order valence-electron chi connectivity index (χ4n) is 9.04. The summed E-state index contributed by atoms with van der Waals surface area (Å²) in [5.74, 6) is -3.75. The molecule has 0 radical (unpaired) electrons. The van der Waals surface area contributed by atoms with E-state index in [-0.39, 0.29) is 61.1 Å². The molecule has 0 aromatic rings. The number of carbonyl (C=O) groups is 6. The van der Waals surface area contributed by atoms with E-state index in [0.717, 1.165) is 24.8 Å². The van der Waals surface area contributed by atoms with E-state index in [1.54, 1.807) is 6.08 Å². The number of allylic oxidation sites excluding steroid dienone is 1. The number of esters is 1. The van der Waals surface area contributed by atoms with E-state index in [1.165, 1.54) is 6.92 Å². The van der Waals surface area contributed by atoms with E-state index in [1.807, 2.05) is 13.8 Å². The Morgan fingerprint density at radius 3 is 2.46 bits per heavy atom. The largest absolute Gasteiger partial charge is 0.480 e. The molecule has 0 spiro atoms. The summed E-state index contributed by atoms with van der Waals surface area (Å²) < 4.78 is 5.18. The number of carboxylic acid groups (broad SMARTS) is 1. The molecule has 46 heavy (non-hydrogen) atoms. The number of rotatable bonds is 13. The summed E-state index contributed by atoms with van der Waals surface area (Å²) in [6.07, 6.45) is 5.66. The van der Waals surface area contributed by atoms with Gasteiger partial charge in [0.1, 0.15) is 17.7 Å². The zero-order valence-electron chi connectivity index (χ0n) is 27.4. The number of fused-ring (bicyclic) bond motifs is 5. The fraction of sp³-hybridized carbons (Fsp3) is 0.765. The average molecular weight is 647 g/mol. The van der Waals surface area contributed by atoms with E-state index >= 15 is 0 Å². The third kappa shape index (κ3) is 6.79. The van der Waals surface area contributed by atoms with Crippen LogP contribution in [0.5, 0.6) is 0 Å². The Hall–Kier alpha value is -3.12. The minimum Gasteiger partial charge on any atom is -0.480 e. The van der Waals surface area contributed by atoms with Crippen LogP contribution < -0.4 is 10.6 Å². The Bertz CT molecular complexity index is 1280. The molecule has 4 aliphatic rings. The summed E-state index contributed by atoms with van der Waals surface area (Å²) in [7, 11) is 0. The van der Waals surface area contributed by atoms with Crippen LogP contribution in [0.25, 0.3) is 0 Å². The lowest BCUT2D eigenvalue weighted by atomic mass is 9.45. The second kappa shape index (κ2) is 13.9. The molecule has 4 aliphatic carbocycles. The van der Waals surface area contributed by atoms with Crippen LogP contribution in [0.4, 0.5) is 0 Å². The molecular weight excluding hydrogens is 596 g/mol. The number of carbonyl (C=O) groups excluding carboxylic acids is 5. The Morgan fingerprint density at radius 2 is 1.78 bits per heavy atom. The Labute approximate surface area is 270 Å². The van der Waals surface area contributed by atoms with Crippen LogP contribution in [0, 0.1) is 28.6 Å². The Kier molecular flexibility index (Phi) is 10.8. The van der Waals surface area contributed by atoms with Gasteiger partial charge in [-0.15, -0.1) is 0 Å². The summed E-state index contributed by atoms with van der Waals surface area (Å²) >= 11 is 0. The minimum atomic E-state index is -1.78. The lowest BCUT2D eigenvalue weighted by molar-refractivity contribution is -0.184. The van der Waals surface area contributed by atoms with Crippen LogP contribution in [0.1, 0.15) is 105 Å². The van der Waals surface area contributed by atoms with Gasteiger partial charge in [-0.05, 0) is 81.1 Å². The number of amides is 2. The molecule has 5 N–H and O–H groups in total. The van der Waals surface area contributed by atoms with Gasteiger partial charge in [-0.25, -0.2) is 4.79 Å². The van der Waals surface area contributed by atoms with Gasteiger partial charge in [0.15, 0.2) is 12.4 Å². The lowest BCUT2D eigenvalue weighted by Gasteiger charge is -2.60. The van der Waals surface area contributed by atoms with Gasteiger partial charge < -0.3 is 30.7 Å². The van der Waals surface area contributed by atoms with Gasteiger partial charge in [-0.2, -0.15) is 0 Å². The van der Waals surface area contributed by atoms with Crippen LogP contribution in [-0.4, -0.2) is 81.0 Å². The number of aliphatic carboxylic acids is 1. The first-order valence-electron chi connectivity index (χ1n) is 16.7. The second-order valence-electron chi connectivity index (χ2n) is 14.4.